The maximum Gasteiger partial charge on any atom is 0.412 e. The van der Waals surface area contributed by atoms with E-state index in [1.54, 1.807) is 38.1 Å². The molecule has 0 aliphatic carbocycles. The molecule has 3 heterocycles. The van der Waals surface area contributed by atoms with Crippen molar-refractivity contribution in [3.8, 4) is 5.75 Å². The SMILES string of the molecule is CCC(CC)C(=O)CCCCCCC(=O)C[C@H](C(=O)N[C@@H](CCCNC(N)=O)C(=O)Cc1ccc(NC(=O)O[C@H]2CC(=O)N(C)c3cc(cc(OC)c3Cl)C/C(C)=C/C=C/[C@@H](OC)[C@]3(O)CC(=O)O[C@@H](C3)[C@@H](C)[C@@H]3O[C@@]23C)c(F)c1)C(C)C. The van der Waals surface area contributed by atoms with Gasteiger partial charge in [0, 0.05) is 70.6 Å². The van der Waals surface area contributed by atoms with Crippen molar-refractivity contribution in [3.63, 3.8) is 0 Å². The first kappa shape index (κ1) is 67.6. The minimum atomic E-state index is -1.67. The number of primary amides is 1. The van der Waals surface area contributed by atoms with Crippen LogP contribution in [-0.4, -0.2) is 122 Å². The van der Waals surface area contributed by atoms with Crippen molar-refractivity contribution in [1.29, 1.82) is 0 Å². The zero-order valence-electron chi connectivity index (χ0n) is 49.9. The number of Topliss-reactive ketones (excluding diaryl/α,β-unsaturated/α-hetero) is 3. The maximum absolute atomic E-state index is 16.1. The average molecular weight is 1180 g/mol. The number of nitrogens with one attached hydrogen (secondary N) is 3. The monoisotopic (exact) mass is 1180 g/mol. The number of halogens is 2. The number of ketones is 3. The number of unbranched alkanes of at least 4 members (excludes halogenated alkanes) is 3. The van der Waals surface area contributed by atoms with E-state index >= 15 is 4.39 Å². The molecule has 6 N–H and O–H groups in total. The number of benzene rings is 2. The minimum Gasteiger partial charge on any atom is -0.495 e. The standard InChI is InChI=1S/C62H87ClFN5O14/c1-11-41(12-2)48(71)22-16-14-13-15-20-42(70)32-43(36(3)4)58(75)67-46(21-18-26-66-59(65)76)49(72)30-39-24-25-45(44(64)28-39)68-60(77)82-53-33-54(73)69(8)47-29-40(31-50(79-9)56(47)63)27-37(5)19-17-23-52(80-10)62(78)34-51(81-55(74)35-62)38(6)57-61(53,7)83-57/h17,19,23-25,28-29,31,36,38,41,43,46,51-53,57,78H,11-16,18,20-22,26-27,30,32-35H2,1-10H3,(H,67,75)(H,68,77)(H3,65,66,76)/b23-17+,37-19+/t38-,43+,46+,51+,52-,53+,57+,61+,62-/m1/s1. The van der Waals surface area contributed by atoms with Gasteiger partial charge in [-0.25, -0.2) is 14.0 Å². The molecule has 21 heteroatoms. The number of fused-ring (bicyclic) bond motifs is 5. The molecule has 2 aromatic rings. The van der Waals surface area contributed by atoms with Crippen LogP contribution in [0.3, 0.4) is 0 Å². The van der Waals surface area contributed by atoms with Crippen molar-refractivity contribution in [1.82, 2.24) is 10.6 Å². The molecule has 4 bridgehead atoms. The molecule has 9 atom stereocenters. The Labute approximate surface area is 492 Å². The lowest BCUT2D eigenvalue weighted by Crippen LogP contribution is -2.53. The number of esters is 1. The fourth-order valence-electron chi connectivity index (χ4n) is 11.2. The third-order valence-electron chi connectivity index (χ3n) is 16.4. The van der Waals surface area contributed by atoms with Crippen LogP contribution in [0.25, 0.3) is 0 Å². The summed E-state index contributed by atoms with van der Waals surface area (Å²) in [6.07, 6.45) is 5.16. The van der Waals surface area contributed by atoms with Crippen LogP contribution in [0.1, 0.15) is 149 Å². The molecule has 458 valence electrons. The molecule has 5 rings (SSSR count). The van der Waals surface area contributed by atoms with Gasteiger partial charge < -0.3 is 50.1 Å². The molecule has 0 unspecified atom stereocenters. The highest BCUT2D eigenvalue weighted by atomic mass is 35.5. The van der Waals surface area contributed by atoms with Crippen LogP contribution in [0.5, 0.6) is 5.75 Å². The lowest BCUT2D eigenvalue weighted by atomic mass is 9.78. The minimum absolute atomic E-state index is 0.0308. The average Bonchev–Trinajstić information content (AvgIpc) is 2.23. The fraction of sp³-hybridized carbons (Fsp3) is 0.613. The number of urea groups is 1. The first-order valence-electron chi connectivity index (χ1n) is 29.0. The van der Waals surface area contributed by atoms with Crippen LogP contribution in [0.4, 0.5) is 25.4 Å². The highest BCUT2D eigenvalue weighted by Gasteiger charge is 2.64. The Kier molecular flexibility index (Phi) is 25.3. The summed E-state index contributed by atoms with van der Waals surface area (Å²) in [4.78, 5) is 108. The van der Waals surface area contributed by atoms with E-state index in [4.69, 9.17) is 41.0 Å². The molecule has 2 aromatic carbocycles. The molecular weight excluding hydrogens is 1090 g/mol. The van der Waals surface area contributed by atoms with Crippen molar-refractivity contribution in [3.05, 3.63) is 76.1 Å². The predicted octanol–water partition coefficient (Wildman–Crippen LogP) is 9.38. The van der Waals surface area contributed by atoms with Crippen molar-refractivity contribution in [2.45, 2.75) is 193 Å². The molecule has 3 aliphatic rings. The van der Waals surface area contributed by atoms with Gasteiger partial charge in [0.2, 0.25) is 11.8 Å². The second kappa shape index (κ2) is 31.1. The summed E-state index contributed by atoms with van der Waals surface area (Å²) in [7, 11) is 4.40. The Hall–Kier alpha value is -6.22. The third-order valence-corrected chi connectivity index (χ3v) is 16.8. The summed E-state index contributed by atoms with van der Waals surface area (Å²) in [5.74, 6) is -4.15. The van der Waals surface area contributed by atoms with Gasteiger partial charge in [0.05, 0.1) is 43.5 Å². The van der Waals surface area contributed by atoms with E-state index in [1.807, 2.05) is 40.7 Å². The molecule has 2 saturated heterocycles. The van der Waals surface area contributed by atoms with Gasteiger partial charge in [-0.05, 0) is 100 Å². The fourth-order valence-corrected chi connectivity index (χ4v) is 11.5. The number of aliphatic hydroxyl groups is 1. The number of carbonyl (C=O) groups is 8. The molecule has 2 fully saturated rings. The van der Waals surface area contributed by atoms with Gasteiger partial charge in [-0.15, -0.1) is 0 Å². The first-order valence-corrected chi connectivity index (χ1v) is 29.4. The largest absolute Gasteiger partial charge is 0.495 e. The lowest BCUT2D eigenvalue weighted by molar-refractivity contribution is -0.187. The summed E-state index contributed by atoms with van der Waals surface area (Å²) >= 11 is 6.82. The summed E-state index contributed by atoms with van der Waals surface area (Å²) < 4.78 is 45.5. The number of allylic oxidation sites excluding steroid dienone is 3. The number of ether oxygens (including phenoxy) is 5. The van der Waals surface area contributed by atoms with Crippen molar-refractivity contribution in [2.24, 2.45) is 29.4 Å². The van der Waals surface area contributed by atoms with Gasteiger partial charge >= 0.3 is 18.1 Å². The van der Waals surface area contributed by atoms with E-state index in [1.165, 1.54) is 38.3 Å². The van der Waals surface area contributed by atoms with Crippen LogP contribution < -0.4 is 31.3 Å². The van der Waals surface area contributed by atoms with Crippen LogP contribution >= 0.6 is 11.6 Å². The smallest absolute Gasteiger partial charge is 0.412 e. The molecule has 3 aliphatic heterocycles. The first-order chi connectivity index (χ1) is 39.3. The highest BCUT2D eigenvalue weighted by Crippen LogP contribution is 2.50. The van der Waals surface area contributed by atoms with Crippen LogP contribution in [0, 0.1) is 29.5 Å². The van der Waals surface area contributed by atoms with Gasteiger partial charge in [-0.3, -0.25) is 34.1 Å². The van der Waals surface area contributed by atoms with Crippen molar-refractivity contribution < 1.29 is 71.5 Å². The van der Waals surface area contributed by atoms with E-state index in [0.29, 0.717) is 30.7 Å². The third kappa shape index (κ3) is 18.9. The van der Waals surface area contributed by atoms with Crippen LogP contribution in [0.2, 0.25) is 5.02 Å². The Bertz CT molecular complexity index is 2720. The van der Waals surface area contributed by atoms with Gasteiger partial charge in [-0.1, -0.05) is 88.9 Å². The van der Waals surface area contributed by atoms with Gasteiger partial charge in [0.1, 0.15) is 57.7 Å². The quantitative estimate of drug-likeness (QED) is 0.0334. The lowest BCUT2D eigenvalue weighted by Gasteiger charge is -2.41. The number of hydrogen-bond donors (Lipinski definition) is 5. The zero-order valence-corrected chi connectivity index (χ0v) is 50.6. The summed E-state index contributed by atoms with van der Waals surface area (Å²) in [6, 6.07) is 5.36. The number of rotatable bonds is 26. The van der Waals surface area contributed by atoms with Gasteiger partial charge in [0.25, 0.3) is 0 Å². The van der Waals surface area contributed by atoms with E-state index in [2.05, 4.69) is 16.0 Å². The van der Waals surface area contributed by atoms with E-state index in [0.717, 1.165) is 49.3 Å². The highest BCUT2D eigenvalue weighted by molar-refractivity contribution is 6.35. The van der Waals surface area contributed by atoms with Crippen molar-refractivity contribution in [2.75, 3.05) is 38.0 Å². The Morgan fingerprint density at radius 3 is 2.33 bits per heavy atom. The Morgan fingerprint density at radius 1 is 0.988 bits per heavy atom. The molecule has 0 aromatic heterocycles. The molecule has 0 radical (unpaired) electrons. The van der Waals surface area contributed by atoms with E-state index in [9.17, 15) is 43.5 Å². The van der Waals surface area contributed by atoms with E-state index in [-0.39, 0.29) is 91.2 Å². The topological polar surface area (TPSA) is 272 Å². The summed E-state index contributed by atoms with van der Waals surface area (Å²) in [5, 5.41) is 19.9. The van der Waals surface area contributed by atoms with Crippen molar-refractivity contribution >= 4 is 70.2 Å². The Balaban J connectivity index is 1.31. The number of nitrogens with zero attached hydrogens (tertiary/aromatic N) is 1. The molecule has 19 nitrogen and oxygen atoms in total. The molecule has 0 saturated carbocycles. The molecule has 5 amide bonds. The second-order valence-electron chi connectivity index (χ2n) is 23.1. The predicted molar refractivity (Wildman–Crippen MR) is 312 cm³/mol. The molecule has 83 heavy (non-hydrogen) atoms. The van der Waals surface area contributed by atoms with Gasteiger partial charge in [0.15, 0.2) is 5.78 Å². The number of hydrogen-bond acceptors (Lipinski definition) is 14. The van der Waals surface area contributed by atoms with Gasteiger partial charge in [-0.2, -0.15) is 0 Å². The number of methoxy groups -OCH3 is 2. The Morgan fingerprint density at radius 2 is 1.69 bits per heavy atom. The van der Waals surface area contributed by atoms with Crippen LogP contribution in [0.15, 0.2) is 54.1 Å². The molecule has 0 spiro atoms. The second-order valence-corrected chi connectivity index (χ2v) is 23.4. The number of carbonyl (C=O) groups excluding carboxylic acids is 8. The number of anilines is 2. The number of nitrogens with two attached hydrogens (primary N) is 1. The molecular formula is C62H87ClFN5O14. The number of amides is 5. The van der Waals surface area contributed by atoms with Crippen LogP contribution in [-0.2, 0) is 60.6 Å². The maximum atomic E-state index is 16.1. The van der Waals surface area contributed by atoms with E-state index < -0.39 is 101 Å². The normalized spacial score (nSPS) is 24.5. The summed E-state index contributed by atoms with van der Waals surface area (Å²) in [6.45, 7) is 13.1. The number of epoxide rings is 1. The summed E-state index contributed by atoms with van der Waals surface area (Å²) in [5.41, 5.74) is 4.02. The zero-order chi connectivity index (χ0) is 61.3.